The maximum absolute atomic E-state index is 12.1. The molecule has 0 bridgehead atoms. The average Bonchev–Trinajstić information content (AvgIpc) is 2.47. The van der Waals surface area contributed by atoms with Gasteiger partial charge in [-0.25, -0.2) is 0 Å². The van der Waals surface area contributed by atoms with Crippen molar-refractivity contribution in [1.29, 1.82) is 0 Å². The summed E-state index contributed by atoms with van der Waals surface area (Å²) in [4.78, 5) is 16.4. The molecule has 0 saturated heterocycles. The summed E-state index contributed by atoms with van der Waals surface area (Å²) >= 11 is 0. The molecule has 1 aromatic heterocycles. The van der Waals surface area contributed by atoms with Crippen LogP contribution in [0.25, 0.3) is 10.9 Å². The lowest BCUT2D eigenvalue weighted by molar-refractivity contribution is -0.0974. The van der Waals surface area contributed by atoms with E-state index in [1.54, 1.807) is 12.3 Å². The van der Waals surface area contributed by atoms with Crippen LogP contribution in [0, 0.1) is 0 Å². The van der Waals surface area contributed by atoms with Gasteiger partial charge in [0.1, 0.15) is 0 Å². The van der Waals surface area contributed by atoms with Crippen LogP contribution in [0.1, 0.15) is 10.4 Å². The quantitative estimate of drug-likeness (QED) is 0.829. The third-order valence-electron chi connectivity index (χ3n) is 2.83. The van der Waals surface area contributed by atoms with Crippen LogP contribution in [0.3, 0.4) is 0 Å². The highest BCUT2D eigenvalue weighted by molar-refractivity contribution is 6.05. The fourth-order valence-corrected chi connectivity index (χ4v) is 1.82. The molecule has 0 aliphatic rings. The molecule has 0 radical (unpaired) electrons. The maximum atomic E-state index is 12.1. The summed E-state index contributed by atoms with van der Waals surface area (Å²) < 4.78 is 10.0. The second kappa shape index (κ2) is 6.26. The Kier molecular flexibility index (Phi) is 4.43. The number of nitrogens with one attached hydrogen (secondary N) is 1. The first-order valence-corrected chi connectivity index (χ1v) is 5.93. The van der Waals surface area contributed by atoms with E-state index >= 15 is 0 Å². The van der Waals surface area contributed by atoms with Gasteiger partial charge in [-0.2, -0.15) is 0 Å². The molecule has 0 fully saturated rings. The minimum Gasteiger partial charge on any atom is -0.354 e. The van der Waals surface area contributed by atoms with Crippen LogP contribution < -0.4 is 5.32 Å². The molecule has 1 aromatic carbocycles. The second-order valence-corrected chi connectivity index (χ2v) is 3.99. The number of hydrogen-bond acceptors (Lipinski definition) is 4. The van der Waals surface area contributed by atoms with E-state index in [1.165, 1.54) is 14.2 Å². The number of carbonyl (C=O) groups excluding carboxylic acids is 1. The van der Waals surface area contributed by atoms with Gasteiger partial charge in [0.05, 0.1) is 17.6 Å². The van der Waals surface area contributed by atoms with Gasteiger partial charge in [0, 0.05) is 25.8 Å². The fraction of sp³-hybridized carbons (Fsp3) is 0.286. The number of nitrogens with zero attached hydrogens (tertiary/aromatic N) is 1. The Balaban J connectivity index is 2.17. The van der Waals surface area contributed by atoms with Gasteiger partial charge in [0.2, 0.25) is 0 Å². The van der Waals surface area contributed by atoms with Crippen LogP contribution in [0.5, 0.6) is 0 Å². The number of methoxy groups -OCH3 is 2. The summed E-state index contributed by atoms with van der Waals surface area (Å²) in [5.41, 5.74) is 1.23. The number of ether oxygens (including phenoxy) is 2. The van der Waals surface area contributed by atoms with E-state index in [4.69, 9.17) is 9.47 Å². The molecule has 0 spiro atoms. The van der Waals surface area contributed by atoms with Gasteiger partial charge in [-0.05, 0) is 12.1 Å². The van der Waals surface area contributed by atoms with Crippen molar-refractivity contribution in [3.63, 3.8) is 0 Å². The number of amides is 1. The third-order valence-corrected chi connectivity index (χ3v) is 2.83. The van der Waals surface area contributed by atoms with Crippen molar-refractivity contribution < 1.29 is 14.3 Å². The van der Waals surface area contributed by atoms with Crippen LogP contribution in [0.15, 0.2) is 36.5 Å². The minimum absolute atomic E-state index is 0.191. The first kappa shape index (κ1) is 13.5. The van der Waals surface area contributed by atoms with Gasteiger partial charge in [-0.1, -0.05) is 18.2 Å². The predicted molar refractivity (Wildman–Crippen MR) is 71.9 cm³/mol. The molecule has 1 heterocycles. The number of benzene rings is 1. The lowest BCUT2D eigenvalue weighted by atomic mass is 10.1. The molecule has 0 unspecified atom stereocenters. The summed E-state index contributed by atoms with van der Waals surface area (Å²) in [6.45, 7) is 0.287. The van der Waals surface area contributed by atoms with E-state index < -0.39 is 6.29 Å². The van der Waals surface area contributed by atoms with Gasteiger partial charge >= 0.3 is 0 Å². The molecule has 19 heavy (non-hydrogen) atoms. The zero-order valence-corrected chi connectivity index (χ0v) is 10.9. The Morgan fingerprint density at radius 2 is 2.00 bits per heavy atom. The Morgan fingerprint density at radius 3 is 2.74 bits per heavy atom. The van der Waals surface area contributed by atoms with Gasteiger partial charge in [-0.3, -0.25) is 9.78 Å². The molecule has 2 rings (SSSR count). The van der Waals surface area contributed by atoms with Gasteiger partial charge in [0.25, 0.3) is 5.91 Å². The molecule has 1 amide bonds. The molecule has 0 aliphatic carbocycles. The number of pyridine rings is 1. The topological polar surface area (TPSA) is 60.5 Å². The Morgan fingerprint density at radius 1 is 1.26 bits per heavy atom. The minimum atomic E-state index is -0.452. The number of fused-ring (bicyclic) bond motifs is 1. The van der Waals surface area contributed by atoms with E-state index in [1.807, 2.05) is 24.3 Å². The molecule has 5 heteroatoms. The molecule has 2 aromatic rings. The number of hydrogen-bond donors (Lipinski definition) is 1. The predicted octanol–water partition coefficient (Wildman–Crippen LogP) is 1.58. The Labute approximate surface area is 111 Å². The van der Waals surface area contributed by atoms with Gasteiger partial charge < -0.3 is 14.8 Å². The van der Waals surface area contributed by atoms with E-state index in [0.29, 0.717) is 11.1 Å². The van der Waals surface area contributed by atoms with E-state index in [2.05, 4.69) is 10.3 Å². The fourth-order valence-electron chi connectivity index (χ4n) is 1.82. The maximum Gasteiger partial charge on any atom is 0.253 e. The summed E-state index contributed by atoms with van der Waals surface area (Å²) in [5.74, 6) is -0.191. The van der Waals surface area contributed by atoms with Crippen LogP contribution in [-0.4, -0.2) is 37.9 Å². The highest BCUT2D eigenvalue weighted by Crippen LogP contribution is 2.15. The summed E-state index contributed by atoms with van der Waals surface area (Å²) in [7, 11) is 3.06. The molecule has 100 valence electrons. The van der Waals surface area contributed by atoms with E-state index in [0.717, 1.165) is 5.39 Å². The Bertz CT molecular complexity index is 562. The van der Waals surface area contributed by atoms with Crippen molar-refractivity contribution in [2.75, 3.05) is 20.8 Å². The number of para-hydroxylation sites is 1. The molecule has 0 atom stereocenters. The Hall–Kier alpha value is -1.98. The largest absolute Gasteiger partial charge is 0.354 e. The highest BCUT2D eigenvalue weighted by atomic mass is 16.7. The zero-order valence-electron chi connectivity index (χ0n) is 10.9. The van der Waals surface area contributed by atoms with Crippen LogP contribution in [-0.2, 0) is 9.47 Å². The van der Waals surface area contributed by atoms with Crippen LogP contribution >= 0.6 is 0 Å². The number of carbonyl (C=O) groups is 1. The summed E-state index contributed by atoms with van der Waals surface area (Å²) in [6.07, 6.45) is 1.22. The van der Waals surface area contributed by atoms with Crippen molar-refractivity contribution in [1.82, 2.24) is 10.3 Å². The average molecular weight is 260 g/mol. The smallest absolute Gasteiger partial charge is 0.253 e. The molecule has 1 N–H and O–H groups in total. The lowest BCUT2D eigenvalue weighted by Gasteiger charge is -2.14. The molecule has 5 nitrogen and oxygen atoms in total. The number of aromatic nitrogens is 1. The van der Waals surface area contributed by atoms with Gasteiger partial charge in [0.15, 0.2) is 6.29 Å². The van der Waals surface area contributed by atoms with E-state index in [9.17, 15) is 4.79 Å². The van der Waals surface area contributed by atoms with Gasteiger partial charge in [-0.15, -0.1) is 0 Å². The highest BCUT2D eigenvalue weighted by Gasteiger charge is 2.12. The lowest BCUT2D eigenvalue weighted by Crippen LogP contribution is -2.34. The van der Waals surface area contributed by atoms with Crippen LogP contribution in [0.4, 0.5) is 0 Å². The molecule has 0 aliphatic heterocycles. The normalized spacial score (nSPS) is 10.9. The van der Waals surface area contributed by atoms with Crippen molar-refractivity contribution in [3.8, 4) is 0 Å². The number of rotatable bonds is 5. The van der Waals surface area contributed by atoms with Crippen molar-refractivity contribution in [2.45, 2.75) is 6.29 Å². The summed E-state index contributed by atoms with van der Waals surface area (Å²) in [6, 6.07) is 9.27. The van der Waals surface area contributed by atoms with Crippen LogP contribution in [0.2, 0.25) is 0 Å². The third kappa shape index (κ3) is 3.07. The van der Waals surface area contributed by atoms with Crippen molar-refractivity contribution in [2.24, 2.45) is 0 Å². The van der Waals surface area contributed by atoms with E-state index in [-0.39, 0.29) is 12.5 Å². The SMILES string of the molecule is COC(CNC(=O)c1cccc2cccnc12)OC. The summed E-state index contributed by atoms with van der Waals surface area (Å²) in [5, 5.41) is 3.70. The first-order valence-electron chi connectivity index (χ1n) is 5.93. The molecular weight excluding hydrogens is 244 g/mol. The van der Waals surface area contributed by atoms with Crippen molar-refractivity contribution >= 4 is 16.8 Å². The standard InChI is InChI=1S/C14H16N2O3/c1-18-12(19-2)9-16-14(17)11-7-3-5-10-6-4-8-15-13(10)11/h3-8,12H,9H2,1-2H3,(H,16,17). The molecular formula is C14H16N2O3. The first-order chi connectivity index (χ1) is 9.26. The zero-order chi connectivity index (χ0) is 13.7. The van der Waals surface area contributed by atoms with Crippen molar-refractivity contribution in [3.05, 3.63) is 42.1 Å². The second-order valence-electron chi connectivity index (χ2n) is 3.99. The molecule has 0 saturated carbocycles. The monoisotopic (exact) mass is 260 g/mol.